The lowest BCUT2D eigenvalue weighted by Crippen LogP contribution is -2.36. The van der Waals surface area contributed by atoms with Gasteiger partial charge >= 0.3 is 6.29 Å². The predicted octanol–water partition coefficient (Wildman–Crippen LogP) is 2.72. The minimum atomic E-state index is -3.59. The fourth-order valence-electron chi connectivity index (χ4n) is 2.53. The van der Waals surface area contributed by atoms with Gasteiger partial charge in [-0.15, -0.1) is 8.78 Å². The van der Waals surface area contributed by atoms with Gasteiger partial charge < -0.3 is 19.9 Å². The highest BCUT2D eigenvalue weighted by atomic mass is 19.3. The van der Waals surface area contributed by atoms with Crippen LogP contribution in [0.4, 0.5) is 14.5 Å². The van der Waals surface area contributed by atoms with Gasteiger partial charge in [0.2, 0.25) is 0 Å². The van der Waals surface area contributed by atoms with Crippen molar-refractivity contribution in [1.82, 2.24) is 0 Å². The van der Waals surface area contributed by atoms with Gasteiger partial charge in [0.1, 0.15) is 0 Å². The highest BCUT2D eigenvalue weighted by molar-refractivity contribution is 5.56. The van der Waals surface area contributed by atoms with Crippen LogP contribution in [0.1, 0.15) is 25.7 Å². The van der Waals surface area contributed by atoms with E-state index in [1.807, 2.05) is 0 Å². The van der Waals surface area contributed by atoms with Crippen LogP contribution in [0.25, 0.3) is 0 Å². The van der Waals surface area contributed by atoms with Crippen LogP contribution in [0.2, 0.25) is 0 Å². The first-order chi connectivity index (χ1) is 9.03. The van der Waals surface area contributed by atoms with Crippen molar-refractivity contribution in [2.45, 2.75) is 44.1 Å². The Labute approximate surface area is 109 Å². The van der Waals surface area contributed by atoms with E-state index in [9.17, 15) is 13.9 Å². The molecule has 0 radical (unpaired) electrons. The number of anilines is 1. The first-order valence-electron chi connectivity index (χ1n) is 6.38. The molecule has 1 aliphatic heterocycles. The number of benzene rings is 1. The molecule has 1 aliphatic carbocycles. The van der Waals surface area contributed by atoms with Crippen LogP contribution in [0.3, 0.4) is 0 Å². The first kappa shape index (κ1) is 12.5. The van der Waals surface area contributed by atoms with Gasteiger partial charge in [0.25, 0.3) is 0 Å². The highest BCUT2D eigenvalue weighted by Crippen LogP contribution is 2.42. The number of fused-ring (bicyclic) bond motifs is 1. The van der Waals surface area contributed by atoms with E-state index in [-0.39, 0.29) is 17.5 Å². The summed E-state index contributed by atoms with van der Waals surface area (Å²) in [5.74, 6) is 0.0417. The van der Waals surface area contributed by atoms with Crippen molar-refractivity contribution in [3.63, 3.8) is 0 Å². The third-order valence-electron chi connectivity index (χ3n) is 3.48. The zero-order chi connectivity index (χ0) is 13.5. The van der Waals surface area contributed by atoms with Crippen molar-refractivity contribution in [3.05, 3.63) is 18.2 Å². The SMILES string of the molecule is O[C@@H]1CCCC[C@H]1Nc1ccc2c(c1)OC(F)(F)O2. The second-order valence-electron chi connectivity index (χ2n) is 4.93. The van der Waals surface area contributed by atoms with Crippen LogP contribution in [0.15, 0.2) is 18.2 Å². The third kappa shape index (κ3) is 2.58. The number of rotatable bonds is 2. The molecular weight excluding hydrogens is 256 g/mol. The van der Waals surface area contributed by atoms with Crippen LogP contribution in [-0.4, -0.2) is 23.5 Å². The standard InChI is InChI=1S/C13H15F2NO3/c14-13(15)18-11-6-5-8(7-12(11)19-13)16-9-3-1-2-4-10(9)17/h5-7,9-10,16-17H,1-4H2/t9-,10-/m1/s1. The molecule has 19 heavy (non-hydrogen) atoms. The van der Waals surface area contributed by atoms with Crippen molar-refractivity contribution < 1.29 is 23.4 Å². The number of alkyl halides is 2. The van der Waals surface area contributed by atoms with Gasteiger partial charge in [-0.2, -0.15) is 0 Å². The molecule has 1 aromatic rings. The Hall–Kier alpha value is -1.56. The molecule has 0 amide bonds. The summed E-state index contributed by atoms with van der Waals surface area (Å²) in [5.41, 5.74) is 0.644. The maximum atomic E-state index is 12.9. The van der Waals surface area contributed by atoms with Crippen LogP contribution >= 0.6 is 0 Å². The van der Waals surface area contributed by atoms with Gasteiger partial charge in [-0.25, -0.2) is 0 Å². The summed E-state index contributed by atoms with van der Waals surface area (Å²) in [6.45, 7) is 0. The van der Waals surface area contributed by atoms with Crippen LogP contribution in [-0.2, 0) is 0 Å². The summed E-state index contributed by atoms with van der Waals surface area (Å²) in [5, 5.41) is 13.0. The molecule has 0 aromatic heterocycles. The van der Waals surface area contributed by atoms with Crippen molar-refractivity contribution in [2.75, 3.05) is 5.32 Å². The van der Waals surface area contributed by atoms with Gasteiger partial charge in [-0.3, -0.25) is 0 Å². The molecule has 1 fully saturated rings. The van der Waals surface area contributed by atoms with Gasteiger partial charge in [-0.1, -0.05) is 12.8 Å². The Bertz CT molecular complexity index is 481. The lowest BCUT2D eigenvalue weighted by molar-refractivity contribution is -0.286. The second-order valence-corrected chi connectivity index (χ2v) is 4.93. The molecule has 0 unspecified atom stereocenters. The quantitative estimate of drug-likeness (QED) is 0.868. The molecule has 2 aliphatic rings. The Morgan fingerprint density at radius 1 is 1.16 bits per heavy atom. The molecule has 0 bridgehead atoms. The Balaban J connectivity index is 1.73. The van der Waals surface area contributed by atoms with E-state index in [4.69, 9.17) is 0 Å². The molecule has 0 spiro atoms. The normalized spacial score (nSPS) is 28.2. The predicted molar refractivity (Wildman–Crippen MR) is 64.5 cm³/mol. The number of aliphatic hydroxyl groups excluding tert-OH is 1. The molecule has 0 saturated heterocycles. The maximum Gasteiger partial charge on any atom is 0.586 e. The molecule has 1 aromatic carbocycles. The number of ether oxygens (including phenoxy) is 2. The minimum absolute atomic E-state index is 0.0142. The van der Waals surface area contributed by atoms with Crippen molar-refractivity contribution >= 4 is 5.69 Å². The molecule has 2 N–H and O–H groups in total. The molecular formula is C13H15F2NO3. The summed E-state index contributed by atoms with van der Waals surface area (Å²) < 4.78 is 34.5. The van der Waals surface area contributed by atoms with Crippen LogP contribution in [0.5, 0.6) is 11.5 Å². The lowest BCUT2D eigenvalue weighted by atomic mass is 9.92. The molecule has 6 heteroatoms. The molecule has 1 saturated carbocycles. The van der Waals surface area contributed by atoms with Crippen molar-refractivity contribution in [2.24, 2.45) is 0 Å². The first-order valence-corrected chi connectivity index (χ1v) is 6.38. The number of aliphatic hydroxyl groups is 1. The largest absolute Gasteiger partial charge is 0.586 e. The number of hydrogen-bond acceptors (Lipinski definition) is 4. The van der Waals surface area contributed by atoms with E-state index in [1.165, 1.54) is 12.1 Å². The van der Waals surface area contributed by atoms with E-state index in [0.717, 1.165) is 25.7 Å². The summed E-state index contributed by atoms with van der Waals surface area (Å²) >= 11 is 0. The molecule has 1 heterocycles. The highest BCUT2D eigenvalue weighted by Gasteiger charge is 2.43. The summed E-state index contributed by atoms with van der Waals surface area (Å²) in [6, 6.07) is 4.51. The van der Waals surface area contributed by atoms with Gasteiger partial charge in [0.15, 0.2) is 11.5 Å². The van der Waals surface area contributed by atoms with Crippen molar-refractivity contribution in [3.8, 4) is 11.5 Å². The van der Waals surface area contributed by atoms with E-state index < -0.39 is 12.4 Å². The monoisotopic (exact) mass is 271 g/mol. The zero-order valence-electron chi connectivity index (χ0n) is 10.2. The fraction of sp³-hybridized carbons (Fsp3) is 0.538. The Morgan fingerprint density at radius 2 is 1.89 bits per heavy atom. The summed E-state index contributed by atoms with van der Waals surface area (Å²) in [4.78, 5) is 0. The van der Waals surface area contributed by atoms with E-state index in [0.29, 0.717) is 5.69 Å². The van der Waals surface area contributed by atoms with E-state index in [2.05, 4.69) is 14.8 Å². The summed E-state index contributed by atoms with van der Waals surface area (Å²) in [6.07, 6.45) is -0.290. The smallest absolute Gasteiger partial charge is 0.395 e. The molecule has 3 rings (SSSR count). The van der Waals surface area contributed by atoms with Gasteiger partial charge in [-0.05, 0) is 25.0 Å². The number of halogens is 2. The molecule has 2 atom stereocenters. The van der Waals surface area contributed by atoms with Gasteiger partial charge in [0, 0.05) is 11.8 Å². The van der Waals surface area contributed by atoms with E-state index in [1.54, 1.807) is 6.07 Å². The Morgan fingerprint density at radius 3 is 2.68 bits per heavy atom. The van der Waals surface area contributed by atoms with Crippen LogP contribution < -0.4 is 14.8 Å². The molecule has 104 valence electrons. The van der Waals surface area contributed by atoms with Crippen molar-refractivity contribution in [1.29, 1.82) is 0 Å². The lowest BCUT2D eigenvalue weighted by Gasteiger charge is -2.29. The fourth-order valence-corrected chi connectivity index (χ4v) is 2.53. The topological polar surface area (TPSA) is 50.7 Å². The minimum Gasteiger partial charge on any atom is -0.395 e. The maximum absolute atomic E-state index is 12.9. The summed E-state index contributed by atoms with van der Waals surface area (Å²) in [7, 11) is 0. The average Bonchev–Trinajstić information content (AvgIpc) is 2.65. The second kappa shape index (κ2) is 4.52. The number of nitrogens with one attached hydrogen (secondary N) is 1. The van der Waals surface area contributed by atoms with Crippen LogP contribution in [0, 0.1) is 0 Å². The zero-order valence-corrected chi connectivity index (χ0v) is 10.2. The number of hydrogen-bond donors (Lipinski definition) is 2. The Kier molecular flexibility index (Phi) is 2.97. The van der Waals surface area contributed by atoms with E-state index >= 15 is 0 Å². The average molecular weight is 271 g/mol. The van der Waals surface area contributed by atoms with Gasteiger partial charge in [0.05, 0.1) is 12.1 Å². The third-order valence-corrected chi connectivity index (χ3v) is 3.48. The molecule has 4 nitrogen and oxygen atoms in total.